The summed E-state index contributed by atoms with van der Waals surface area (Å²) in [7, 11) is 0. The summed E-state index contributed by atoms with van der Waals surface area (Å²) in [5, 5.41) is 5.10. The van der Waals surface area contributed by atoms with Crippen LogP contribution in [-0.4, -0.2) is 4.57 Å². The van der Waals surface area contributed by atoms with E-state index in [2.05, 4.69) is 231 Å². The molecule has 0 fully saturated rings. The molecule has 1 nitrogen and oxygen atoms in total. The quantitative estimate of drug-likeness (QED) is 0.168. The van der Waals surface area contributed by atoms with Crippen LogP contribution < -0.4 is 0 Å². The summed E-state index contributed by atoms with van der Waals surface area (Å²) in [6, 6.07) is 80.1. The average Bonchev–Trinajstić information content (AvgIpc) is 4.00. The second-order valence-electron chi connectivity index (χ2n) is 18.4. The predicted octanol–water partition coefficient (Wildman–Crippen LogP) is 15.9. The molecule has 0 radical (unpaired) electrons. The van der Waals surface area contributed by atoms with E-state index >= 15 is 0 Å². The van der Waals surface area contributed by atoms with Gasteiger partial charge in [0.05, 0.1) is 16.4 Å². The number of rotatable bonds is 3. The molecule has 294 valence electrons. The zero-order chi connectivity index (χ0) is 41.6. The molecule has 3 aliphatic carbocycles. The molecule has 0 N–H and O–H groups in total. The number of hydrogen-bond donors (Lipinski definition) is 0. The third kappa shape index (κ3) is 4.51. The molecule has 0 saturated heterocycles. The molecule has 0 saturated carbocycles. The second kappa shape index (κ2) is 12.4. The van der Waals surface area contributed by atoms with Crippen molar-refractivity contribution in [2.24, 2.45) is 0 Å². The summed E-state index contributed by atoms with van der Waals surface area (Å²) in [6.07, 6.45) is 0. The molecule has 0 atom stereocenters. The third-order valence-electron chi connectivity index (χ3n) is 15.0. The van der Waals surface area contributed by atoms with Crippen LogP contribution in [0, 0.1) is 0 Å². The van der Waals surface area contributed by atoms with E-state index < -0.39 is 5.41 Å². The Labute approximate surface area is 367 Å². The van der Waals surface area contributed by atoms with Gasteiger partial charge in [-0.15, -0.1) is 0 Å². The maximum absolute atomic E-state index is 2.51. The van der Waals surface area contributed by atoms with Crippen molar-refractivity contribution in [3.05, 3.63) is 246 Å². The lowest BCUT2D eigenvalue weighted by Gasteiger charge is -2.30. The summed E-state index contributed by atoms with van der Waals surface area (Å²) >= 11 is 0. The minimum absolute atomic E-state index is 0.216. The van der Waals surface area contributed by atoms with Crippen molar-refractivity contribution in [3.63, 3.8) is 0 Å². The van der Waals surface area contributed by atoms with E-state index in [4.69, 9.17) is 0 Å². The van der Waals surface area contributed by atoms with Crippen molar-refractivity contribution >= 4 is 32.6 Å². The van der Waals surface area contributed by atoms with E-state index in [-0.39, 0.29) is 5.41 Å². The summed E-state index contributed by atoms with van der Waals surface area (Å²) in [4.78, 5) is 0. The maximum atomic E-state index is 2.51. The molecule has 1 aromatic heterocycles. The number of hydrogen-bond acceptors (Lipinski definition) is 0. The Morgan fingerprint density at radius 1 is 0.317 bits per heavy atom. The van der Waals surface area contributed by atoms with Crippen molar-refractivity contribution in [1.29, 1.82) is 0 Å². The van der Waals surface area contributed by atoms with Crippen molar-refractivity contribution in [2.75, 3.05) is 0 Å². The van der Waals surface area contributed by atoms with Crippen LogP contribution in [0.1, 0.15) is 47.2 Å². The molecule has 63 heavy (non-hydrogen) atoms. The average molecular weight is 800 g/mol. The molecule has 3 aliphatic rings. The van der Waals surface area contributed by atoms with E-state index in [0.717, 1.165) is 0 Å². The van der Waals surface area contributed by atoms with Gasteiger partial charge in [-0.1, -0.05) is 178 Å². The Bertz CT molecular complexity index is 3720. The highest BCUT2D eigenvalue weighted by atomic mass is 15.0. The van der Waals surface area contributed by atoms with Gasteiger partial charge in [-0.25, -0.2) is 0 Å². The lowest BCUT2D eigenvalue weighted by atomic mass is 9.70. The number of fused-ring (bicyclic) bond motifs is 17. The molecule has 14 rings (SSSR count). The fourth-order valence-corrected chi connectivity index (χ4v) is 12.2. The molecule has 0 bridgehead atoms. The first-order valence-corrected chi connectivity index (χ1v) is 22.3. The smallest absolute Gasteiger partial charge is 0.0725 e. The Morgan fingerprint density at radius 2 is 0.905 bits per heavy atom. The van der Waals surface area contributed by atoms with Gasteiger partial charge in [0.1, 0.15) is 0 Å². The molecule has 0 aliphatic heterocycles. The van der Waals surface area contributed by atoms with Gasteiger partial charge in [-0.05, 0) is 148 Å². The van der Waals surface area contributed by atoms with Gasteiger partial charge in [0.25, 0.3) is 0 Å². The molecule has 1 heteroatoms. The molecule has 0 unspecified atom stereocenters. The molecule has 1 spiro atoms. The lowest BCUT2D eigenvalue weighted by molar-refractivity contribution is 0.660. The Hall–Kier alpha value is -7.74. The first-order valence-electron chi connectivity index (χ1n) is 22.3. The Morgan fingerprint density at radius 3 is 1.70 bits per heavy atom. The fourth-order valence-electron chi connectivity index (χ4n) is 12.2. The van der Waals surface area contributed by atoms with Gasteiger partial charge in [-0.3, -0.25) is 0 Å². The minimum atomic E-state index is -0.406. The highest BCUT2D eigenvalue weighted by molar-refractivity contribution is 6.11. The summed E-state index contributed by atoms with van der Waals surface area (Å²) in [5.74, 6) is 0. The first-order chi connectivity index (χ1) is 31.0. The highest BCUT2D eigenvalue weighted by Gasteiger charge is 2.52. The van der Waals surface area contributed by atoms with Crippen LogP contribution in [0.25, 0.3) is 93.9 Å². The molecular formula is C62H41N. The van der Waals surface area contributed by atoms with Crippen LogP contribution in [0.2, 0.25) is 0 Å². The molecule has 10 aromatic carbocycles. The van der Waals surface area contributed by atoms with Crippen molar-refractivity contribution < 1.29 is 0 Å². The van der Waals surface area contributed by atoms with E-state index in [0.29, 0.717) is 0 Å². The molecule has 0 amide bonds. The largest absolute Gasteiger partial charge is 0.309 e. The monoisotopic (exact) mass is 799 g/mol. The third-order valence-corrected chi connectivity index (χ3v) is 15.0. The maximum Gasteiger partial charge on any atom is 0.0725 e. The van der Waals surface area contributed by atoms with Crippen LogP contribution >= 0.6 is 0 Å². The molecule has 11 aromatic rings. The van der Waals surface area contributed by atoms with Gasteiger partial charge in [0.15, 0.2) is 0 Å². The zero-order valence-electron chi connectivity index (χ0n) is 35.2. The first kappa shape index (κ1) is 34.9. The van der Waals surface area contributed by atoms with Gasteiger partial charge in [0.2, 0.25) is 0 Å². The van der Waals surface area contributed by atoms with Crippen LogP contribution in [-0.2, 0) is 10.8 Å². The minimum Gasteiger partial charge on any atom is -0.309 e. The van der Waals surface area contributed by atoms with Crippen molar-refractivity contribution in [1.82, 2.24) is 4.57 Å². The van der Waals surface area contributed by atoms with Crippen LogP contribution in [0.3, 0.4) is 0 Å². The SMILES string of the molecule is CC1(C)c2cc(-c3cccc4c3-c3cc5ccccc5cc3C43c4ccccc4-c4ccccc43)ccc2-c2ccc(-n3c4ccccc4c4cc(-c5ccccc5)ccc43)cc21. The lowest BCUT2D eigenvalue weighted by Crippen LogP contribution is -2.25. The Balaban J connectivity index is 0.939. The number of para-hydroxylation sites is 1. The standard InChI is InChI=1S/C62H41N/c1-61(2)55-36-42(27-30-47(55)48-31-29-43(37-56(48)61)63-58-26-13-10-21-49(58)50-33-41(28-32-59(50)63)38-15-4-3-5-16-38)44-22-14-25-54-60(44)51-34-39-17-6-7-18-40(39)35-57(51)62(54)52-23-11-8-19-45(52)46-20-9-12-24-53(46)62/h3-37H,1-2H3. The highest BCUT2D eigenvalue weighted by Crippen LogP contribution is 2.64. The van der Waals surface area contributed by atoms with E-state index in [9.17, 15) is 0 Å². The van der Waals surface area contributed by atoms with E-state index in [1.165, 1.54) is 127 Å². The van der Waals surface area contributed by atoms with E-state index in [1.54, 1.807) is 0 Å². The fraction of sp³-hybridized carbons (Fsp3) is 0.0645. The number of nitrogens with zero attached hydrogens (tertiary/aromatic N) is 1. The van der Waals surface area contributed by atoms with Crippen molar-refractivity contribution in [2.45, 2.75) is 24.7 Å². The predicted molar refractivity (Wildman–Crippen MR) is 263 cm³/mol. The summed E-state index contributed by atoms with van der Waals surface area (Å²) < 4.78 is 2.47. The number of benzene rings is 10. The van der Waals surface area contributed by atoms with Crippen molar-refractivity contribution in [3.8, 4) is 61.3 Å². The van der Waals surface area contributed by atoms with Crippen LogP contribution in [0.4, 0.5) is 0 Å². The second-order valence-corrected chi connectivity index (χ2v) is 18.4. The van der Waals surface area contributed by atoms with Crippen LogP contribution in [0.5, 0.6) is 0 Å². The Kier molecular flexibility index (Phi) is 6.89. The molecular weight excluding hydrogens is 759 g/mol. The van der Waals surface area contributed by atoms with Gasteiger partial charge in [-0.2, -0.15) is 0 Å². The summed E-state index contributed by atoms with van der Waals surface area (Å²) in [6.45, 7) is 4.84. The normalized spacial score (nSPS) is 14.4. The van der Waals surface area contributed by atoms with Gasteiger partial charge < -0.3 is 4.57 Å². The van der Waals surface area contributed by atoms with Gasteiger partial charge >= 0.3 is 0 Å². The topological polar surface area (TPSA) is 4.93 Å². The van der Waals surface area contributed by atoms with Crippen LogP contribution in [0.15, 0.2) is 212 Å². The van der Waals surface area contributed by atoms with E-state index in [1.807, 2.05) is 0 Å². The van der Waals surface area contributed by atoms with Gasteiger partial charge in [0, 0.05) is 21.9 Å². The zero-order valence-corrected chi connectivity index (χ0v) is 35.2. The summed E-state index contributed by atoms with van der Waals surface area (Å²) in [5.41, 5.74) is 24.3. The molecule has 1 heterocycles. The number of aromatic nitrogens is 1.